The van der Waals surface area contributed by atoms with Crippen molar-refractivity contribution in [2.24, 2.45) is 0 Å². The van der Waals surface area contributed by atoms with Crippen LogP contribution in [0.25, 0.3) is 0 Å². The first-order valence-corrected chi connectivity index (χ1v) is 7.78. The number of nitrogens with one attached hydrogen (secondary N) is 1. The molecule has 1 aliphatic carbocycles. The number of aryl methyl sites for hydroxylation is 1. The molecule has 1 aromatic carbocycles. The van der Waals surface area contributed by atoms with Crippen LogP contribution in [0.15, 0.2) is 24.3 Å². The quantitative estimate of drug-likeness (QED) is 0.722. The zero-order chi connectivity index (χ0) is 15.2. The molecule has 4 heteroatoms. The highest BCUT2D eigenvalue weighted by Gasteiger charge is 2.26. The topological polar surface area (TPSA) is 69.6 Å². The molecule has 2 rings (SSSR count). The molecule has 0 radical (unpaired) electrons. The van der Waals surface area contributed by atoms with E-state index in [0.717, 1.165) is 24.0 Å². The number of hydrogen-bond acceptors (Lipinski definition) is 3. The van der Waals surface area contributed by atoms with Gasteiger partial charge in [0.25, 0.3) is 0 Å². The summed E-state index contributed by atoms with van der Waals surface area (Å²) in [5, 5.41) is 23.0. The van der Waals surface area contributed by atoms with Crippen LogP contribution in [0, 0.1) is 6.92 Å². The fraction of sp³-hybridized carbons (Fsp3) is 0.588. The highest BCUT2D eigenvalue weighted by Crippen LogP contribution is 2.24. The lowest BCUT2D eigenvalue weighted by molar-refractivity contribution is -0.137. The van der Waals surface area contributed by atoms with E-state index in [-0.39, 0.29) is 12.5 Å². The van der Waals surface area contributed by atoms with Crippen molar-refractivity contribution in [1.29, 1.82) is 0 Å². The zero-order valence-electron chi connectivity index (χ0n) is 12.6. The Labute approximate surface area is 126 Å². The molecule has 0 saturated heterocycles. The Hall–Kier alpha value is -1.39. The van der Waals surface area contributed by atoms with Gasteiger partial charge in [0, 0.05) is 18.5 Å². The number of hydrogen-bond donors (Lipinski definition) is 3. The zero-order valence-corrected chi connectivity index (χ0v) is 12.6. The minimum atomic E-state index is -0.815. The van der Waals surface area contributed by atoms with Crippen LogP contribution in [0.1, 0.15) is 55.8 Å². The Morgan fingerprint density at radius 3 is 2.48 bits per heavy atom. The summed E-state index contributed by atoms with van der Waals surface area (Å²) in [5.74, 6) is -0.815. The summed E-state index contributed by atoms with van der Waals surface area (Å²) in [6.45, 7) is 2.01. The summed E-state index contributed by atoms with van der Waals surface area (Å²) in [5.41, 5.74) is 2.00. The normalized spacial score (nSPS) is 18.6. The highest BCUT2D eigenvalue weighted by atomic mass is 16.4. The molecule has 4 nitrogen and oxygen atoms in total. The maximum Gasteiger partial charge on any atom is 0.303 e. The van der Waals surface area contributed by atoms with E-state index in [1.165, 1.54) is 12.8 Å². The molecular weight excluding hydrogens is 266 g/mol. The van der Waals surface area contributed by atoms with Crippen molar-refractivity contribution in [3.63, 3.8) is 0 Å². The summed E-state index contributed by atoms with van der Waals surface area (Å²) >= 11 is 0. The van der Waals surface area contributed by atoms with Gasteiger partial charge in [-0.2, -0.15) is 0 Å². The number of rotatable bonds is 7. The van der Waals surface area contributed by atoms with Crippen molar-refractivity contribution in [1.82, 2.24) is 5.32 Å². The lowest BCUT2D eigenvalue weighted by atomic mass is 9.96. The van der Waals surface area contributed by atoms with Gasteiger partial charge in [-0.15, -0.1) is 0 Å². The minimum Gasteiger partial charge on any atom is -0.481 e. The number of carboxylic acids is 1. The van der Waals surface area contributed by atoms with E-state index in [2.05, 4.69) is 5.32 Å². The first kappa shape index (κ1) is 16.0. The number of benzene rings is 1. The second kappa shape index (κ2) is 7.57. The molecule has 1 aromatic rings. The summed E-state index contributed by atoms with van der Waals surface area (Å²) in [7, 11) is 0. The van der Waals surface area contributed by atoms with Crippen molar-refractivity contribution in [2.75, 3.05) is 0 Å². The molecule has 0 heterocycles. The average molecular weight is 291 g/mol. The smallest absolute Gasteiger partial charge is 0.303 e. The third-order valence-electron chi connectivity index (χ3n) is 4.27. The third kappa shape index (κ3) is 4.83. The number of aliphatic carboxylic acids is 1. The second-order valence-electron chi connectivity index (χ2n) is 6.04. The van der Waals surface area contributed by atoms with Gasteiger partial charge in [-0.25, -0.2) is 0 Å². The summed E-state index contributed by atoms with van der Waals surface area (Å²) in [6.07, 6.45) is 4.52. The number of aliphatic hydroxyl groups is 1. The van der Waals surface area contributed by atoms with Crippen molar-refractivity contribution in [3.8, 4) is 0 Å². The predicted molar refractivity (Wildman–Crippen MR) is 82.2 cm³/mol. The van der Waals surface area contributed by atoms with Crippen molar-refractivity contribution in [2.45, 2.75) is 63.6 Å². The maximum atomic E-state index is 10.8. The molecule has 0 spiro atoms. The van der Waals surface area contributed by atoms with E-state index in [1.807, 2.05) is 31.2 Å². The Morgan fingerprint density at radius 1 is 1.29 bits per heavy atom. The molecule has 1 aliphatic rings. The predicted octanol–water partition coefficient (Wildman–Crippen LogP) is 2.79. The van der Waals surface area contributed by atoms with Gasteiger partial charge < -0.3 is 15.5 Å². The fourth-order valence-corrected chi connectivity index (χ4v) is 3.00. The molecule has 3 N–H and O–H groups in total. The average Bonchev–Trinajstić information content (AvgIpc) is 2.96. The summed E-state index contributed by atoms with van der Waals surface area (Å²) in [6, 6.07) is 8.00. The Kier molecular flexibility index (Phi) is 5.76. The van der Waals surface area contributed by atoms with Crippen LogP contribution < -0.4 is 5.32 Å². The fourth-order valence-electron chi connectivity index (χ4n) is 3.00. The molecule has 116 valence electrons. The number of carboxylic acid groups (broad SMARTS) is 1. The van der Waals surface area contributed by atoms with Crippen LogP contribution in [0.3, 0.4) is 0 Å². The van der Waals surface area contributed by atoms with Gasteiger partial charge in [-0.05, 0) is 31.7 Å². The van der Waals surface area contributed by atoms with Crippen LogP contribution in [-0.2, 0) is 4.79 Å². The monoisotopic (exact) mass is 291 g/mol. The molecule has 21 heavy (non-hydrogen) atoms. The molecule has 0 aliphatic heterocycles. The Morgan fingerprint density at radius 2 is 1.90 bits per heavy atom. The van der Waals surface area contributed by atoms with Crippen LogP contribution >= 0.6 is 0 Å². The molecule has 0 amide bonds. The standard InChI is InChI=1S/C17H25NO3/c1-12-6-8-13(9-7-12)17(21)15(10-11-16(19)20)18-14-4-2-3-5-14/h6-9,14-15,17-18,21H,2-5,10-11H2,1H3,(H,19,20). The van der Waals surface area contributed by atoms with Gasteiger partial charge in [-0.1, -0.05) is 42.7 Å². The van der Waals surface area contributed by atoms with E-state index < -0.39 is 12.1 Å². The third-order valence-corrected chi connectivity index (χ3v) is 4.27. The minimum absolute atomic E-state index is 0.0767. The number of aliphatic hydroxyl groups excluding tert-OH is 1. The van der Waals surface area contributed by atoms with Gasteiger partial charge in [0.1, 0.15) is 0 Å². The summed E-state index contributed by atoms with van der Waals surface area (Å²) < 4.78 is 0. The van der Waals surface area contributed by atoms with Gasteiger partial charge in [0.05, 0.1) is 6.10 Å². The summed E-state index contributed by atoms with van der Waals surface area (Å²) in [4.78, 5) is 10.8. The van der Waals surface area contributed by atoms with Crippen LogP contribution in [-0.4, -0.2) is 28.3 Å². The molecule has 2 atom stereocenters. The van der Waals surface area contributed by atoms with Gasteiger partial charge in [-0.3, -0.25) is 4.79 Å². The maximum absolute atomic E-state index is 10.8. The van der Waals surface area contributed by atoms with E-state index in [9.17, 15) is 9.90 Å². The van der Waals surface area contributed by atoms with E-state index in [0.29, 0.717) is 12.5 Å². The molecule has 0 aromatic heterocycles. The highest BCUT2D eigenvalue weighted by molar-refractivity contribution is 5.66. The van der Waals surface area contributed by atoms with Crippen molar-refractivity contribution >= 4 is 5.97 Å². The van der Waals surface area contributed by atoms with E-state index >= 15 is 0 Å². The van der Waals surface area contributed by atoms with Gasteiger partial charge in [0.15, 0.2) is 0 Å². The first-order valence-electron chi connectivity index (χ1n) is 7.78. The van der Waals surface area contributed by atoms with Crippen LogP contribution in [0.4, 0.5) is 0 Å². The lowest BCUT2D eigenvalue weighted by Gasteiger charge is -2.27. The van der Waals surface area contributed by atoms with Crippen molar-refractivity contribution in [3.05, 3.63) is 35.4 Å². The Bertz CT molecular complexity index is 452. The Balaban J connectivity index is 2.04. The molecule has 1 fully saturated rings. The van der Waals surface area contributed by atoms with Gasteiger partial charge >= 0.3 is 5.97 Å². The molecule has 2 unspecified atom stereocenters. The molecule has 1 saturated carbocycles. The first-order chi connectivity index (χ1) is 10.1. The van der Waals surface area contributed by atoms with Crippen molar-refractivity contribution < 1.29 is 15.0 Å². The van der Waals surface area contributed by atoms with E-state index in [1.54, 1.807) is 0 Å². The number of carbonyl (C=O) groups is 1. The van der Waals surface area contributed by atoms with Crippen LogP contribution in [0.5, 0.6) is 0 Å². The molecular formula is C17H25NO3. The lowest BCUT2D eigenvalue weighted by Crippen LogP contribution is -2.41. The van der Waals surface area contributed by atoms with Gasteiger partial charge in [0.2, 0.25) is 0 Å². The largest absolute Gasteiger partial charge is 0.481 e. The molecule has 0 bridgehead atoms. The van der Waals surface area contributed by atoms with E-state index in [4.69, 9.17) is 5.11 Å². The SMILES string of the molecule is Cc1ccc(C(O)C(CCC(=O)O)NC2CCCC2)cc1. The van der Waals surface area contributed by atoms with Crippen LogP contribution in [0.2, 0.25) is 0 Å². The second-order valence-corrected chi connectivity index (χ2v) is 6.04.